The van der Waals surface area contributed by atoms with Gasteiger partial charge in [-0.25, -0.2) is 0 Å². The molecule has 1 heterocycles. The summed E-state index contributed by atoms with van der Waals surface area (Å²) < 4.78 is 0. The Morgan fingerprint density at radius 3 is 3.07 bits per heavy atom. The third kappa shape index (κ3) is 1.98. The lowest BCUT2D eigenvalue weighted by molar-refractivity contribution is 0.675. The number of rotatable bonds is 1. The van der Waals surface area contributed by atoms with Gasteiger partial charge < -0.3 is 10.2 Å². The summed E-state index contributed by atoms with van der Waals surface area (Å²) in [5.74, 6) is 2.80. The van der Waals surface area contributed by atoms with Crippen LogP contribution in [0.1, 0.15) is 12.5 Å². The average Bonchev–Trinajstić information content (AvgIpc) is 2.50. The molecule has 1 atom stereocenters. The number of hydrogen-bond acceptors (Lipinski definition) is 2. The maximum Gasteiger partial charge on any atom is 0.0873 e. The molecule has 0 saturated carbocycles. The minimum absolute atomic E-state index is 0.158. The van der Waals surface area contributed by atoms with Gasteiger partial charge in [0.15, 0.2) is 0 Å². The van der Waals surface area contributed by atoms with Crippen molar-refractivity contribution in [3.05, 3.63) is 29.8 Å². The van der Waals surface area contributed by atoms with Crippen molar-refractivity contribution < 1.29 is 0 Å². The zero-order valence-corrected chi connectivity index (χ0v) is 9.03. The molecule has 0 radical (unpaired) electrons. The van der Waals surface area contributed by atoms with Crippen molar-refractivity contribution in [2.75, 3.05) is 18.0 Å². The van der Waals surface area contributed by atoms with Crippen LogP contribution in [0.25, 0.3) is 0 Å². The topological polar surface area (TPSA) is 15.3 Å². The van der Waals surface area contributed by atoms with E-state index in [9.17, 15) is 0 Å². The van der Waals surface area contributed by atoms with Gasteiger partial charge in [0, 0.05) is 25.3 Å². The monoisotopic (exact) mass is 200 g/mol. The van der Waals surface area contributed by atoms with Gasteiger partial charge in [0.1, 0.15) is 0 Å². The minimum atomic E-state index is 0.158. The average molecular weight is 200 g/mol. The van der Waals surface area contributed by atoms with E-state index >= 15 is 0 Å². The van der Waals surface area contributed by atoms with Crippen LogP contribution < -0.4 is 10.2 Å². The van der Waals surface area contributed by atoms with Crippen LogP contribution in [-0.2, 0) is 6.54 Å². The molecule has 0 spiro atoms. The molecule has 1 aromatic rings. The van der Waals surface area contributed by atoms with Gasteiger partial charge in [0.2, 0.25) is 0 Å². The molecule has 1 aliphatic rings. The Balaban J connectivity index is 2.38. The van der Waals surface area contributed by atoms with Crippen LogP contribution in [0.15, 0.2) is 24.3 Å². The summed E-state index contributed by atoms with van der Waals surface area (Å²) >= 11 is 0. The summed E-state index contributed by atoms with van der Waals surface area (Å²) in [6.45, 7) is 4.97. The number of terminal acetylenes is 1. The molecular weight excluding hydrogens is 184 g/mol. The van der Waals surface area contributed by atoms with E-state index in [0.29, 0.717) is 0 Å². The quantitative estimate of drug-likeness (QED) is 0.693. The number of nitrogens with one attached hydrogen (secondary N) is 1. The fourth-order valence-electron chi connectivity index (χ4n) is 1.98. The molecule has 0 bridgehead atoms. The Bertz CT molecular complexity index is 378. The number of anilines is 1. The lowest BCUT2D eigenvalue weighted by Crippen LogP contribution is -2.35. The van der Waals surface area contributed by atoms with Crippen LogP contribution >= 0.6 is 0 Å². The molecule has 2 rings (SSSR count). The smallest absolute Gasteiger partial charge is 0.0873 e. The zero-order valence-electron chi connectivity index (χ0n) is 9.03. The van der Waals surface area contributed by atoms with E-state index in [1.807, 2.05) is 0 Å². The molecule has 1 unspecified atom stereocenters. The Hall–Kier alpha value is -1.46. The molecule has 1 aromatic carbocycles. The summed E-state index contributed by atoms with van der Waals surface area (Å²) in [4.78, 5) is 2.29. The second-order valence-electron chi connectivity index (χ2n) is 3.84. The second kappa shape index (κ2) is 4.37. The van der Waals surface area contributed by atoms with E-state index in [1.165, 1.54) is 11.3 Å². The van der Waals surface area contributed by atoms with Crippen molar-refractivity contribution in [1.29, 1.82) is 0 Å². The first-order valence-corrected chi connectivity index (χ1v) is 5.34. The van der Waals surface area contributed by atoms with Crippen LogP contribution in [0.2, 0.25) is 0 Å². The summed E-state index contributed by atoms with van der Waals surface area (Å²) in [6.07, 6.45) is 5.50. The Morgan fingerprint density at radius 2 is 2.27 bits per heavy atom. The first-order valence-electron chi connectivity index (χ1n) is 5.34. The van der Waals surface area contributed by atoms with Crippen LogP contribution in [0.3, 0.4) is 0 Å². The zero-order chi connectivity index (χ0) is 10.7. The third-order valence-electron chi connectivity index (χ3n) is 2.85. The van der Waals surface area contributed by atoms with Crippen molar-refractivity contribution in [1.82, 2.24) is 5.32 Å². The van der Waals surface area contributed by atoms with E-state index in [4.69, 9.17) is 6.42 Å². The first-order chi connectivity index (χ1) is 7.33. The van der Waals surface area contributed by atoms with Crippen molar-refractivity contribution in [2.24, 2.45) is 0 Å². The van der Waals surface area contributed by atoms with E-state index in [-0.39, 0.29) is 6.04 Å². The largest absolute Gasteiger partial charge is 0.356 e. The maximum atomic E-state index is 5.50. The normalized spacial score (nSPS) is 17.5. The molecule has 78 valence electrons. The fourth-order valence-corrected chi connectivity index (χ4v) is 1.98. The summed E-state index contributed by atoms with van der Waals surface area (Å²) in [6, 6.07) is 8.61. The van der Waals surface area contributed by atoms with Gasteiger partial charge in [-0.3, -0.25) is 0 Å². The summed E-state index contributed by atoms with van der Waals surface area (Å²) in [5.41, 5.74) is 2.60. The SMILES string of the molecule is C#CC(C)N1CCNCc2ccccc21. The van der Waals surface area contributed by atoms with Crippen molar-refractivity contribution in [2.45, 2.75) is 19.5 Å². The van der Waals surface area contributed by atoms with E-state index in [1.54, 1.807) is 0 Å². The highest BCUT2D eigenvalue weighted by Crippen LogP contribution is 2.23. The Morgan fingerprint density at radius 1 is 1.47 bits per heavy atom. The van der Waals surface area contributed by atoms with Crippen molar-refractivity contribution in [3.8, 4) is 12.3 Å². The molecule has 2 heteroatoms. The molecule has 2 nitrogen and oxygen atoms in total. The lowest BCUT2D eigenvalue weighted by Gasteiger charge is -2.27. The standard InChI is InChI=1S/C13H16N2/c1-3-11(2)15-9-8-14-10-12-6-4-5-7-13(12)15/h1,4-7,11,14H,8-10H2,2H3. The molecule has 0 aliphatic carbocycles. The number of nitrogens with zero attached hydrogens (tertiary/aromatic N) is 1. The van der Waals surface area contributed by atoms with Crippen molar-refractivity contribution >= 4 is 5.69 Å². The van der Waals surface area contributed by atoms with Gasteiger partial charge in [0.05, 0.1) is 6.04 Å². The molecule has 15 heavy (non-hydrogen) atoms. The first kappa shape index (κ1) is 10.1. The van der Waals surface area contributed by atoms with Crippen LogP contribution in [0.5, 0.6) is 0 Å². The van der Waals surface area contributed by atoms with Crippen molar-refractivity contribution in [3.63, 3.8) is 0 Å². The number of hydrogen-bond donors (Lipinski definition) is 1. The predicted molar refractivity (Wildman–Crippen MR) is 63.8 cm³/mol. The predicted octanol–water partition coefficient (Wildman–Crippen LogP) is 1.62. The van der Waals surface area contributed by atoms with E-state index in [2.05, 4.69) is 47.3 Å². The fraction of sp³-hybridized carbons (Fsp3) is 0.385. The molecule has 0 fully saturated rings. The molecule has 0 amide bonds. The van der Waals surface area contributed by atoms with Gasteiger partial charge in [-0.2, -0.15) is 0 Å². The highest BCUT2D eigenvalue weighted by Gasteiger charge is 2.17. The van der Waals surface area contributed by atoms with Crippen LogP contribution in [0.4, 0.5) is 5.69 Å². The molecule has 1 N–H and O–H groups in total. The second-order valence-corrected chi connectivity index (χ2v) is 3.84. The van der Waals surface area contributed by atoms with Crippen LogP contribution in [0, 0.1) is 12.3 Å². The molecule has 0 aromatic heterocycles. The van der Waals surface area contributed by atoms with Gasteiger partial charge in [-0.1, -0.05) is 24.1 Å². The highest BCUT2D eigenvalue weighted by atomic mass is 15.2. The molecule has 0 saturated heterocycles. The Kier molecular flexibility index (Phi) is 2.94. The minimum Gasteiger partial charge on any atom is -0.356 e. The third-order valence-corrected chi connectivity index (χ3v) is 2.85. The highest BCUT2D eigenvalue weighted by molar-refractivity contribution is 5.56. The molecule has 1 aliphatic heterocycles. The van der Waals surface area contributed by atoms with Gasteiger partial charge >= 0.3 is 0 Å². The summed E-state index contributed by atoms with van der Waals surface area (Å²) in [7, 11) is 0. The van der Waals surface area contributed by atoms with Gasteiger partial charge in [0.25, 0.3) is 0 Å². The maximum absolute atomic E-state index is 5.50. The van der Waals surface area contributed by atoms with E-state index in [0.717, 1.165) is 19.6 Å². The van der Waals surface area contributed by atoms with Gasteiger partial charge in [-0.15, -0.1) is 6.42 Å². The number of fused-ring (bicyclic) bond motifs is 1. The summed E-state index contributed by atoms with van der Waals surface area (Å²) in [5, 5.41) is 3.40. The van der Waals surface area contributed by atoms with Gasteiger partial charge in [-0.05, 0) is 18.6 Å². The van der Waals surface area contributed by atoms with E-state index < -0.39 is 0 Å². The van der Waals surface area contributed by atoms with Crippen LogP contribution in [-0.4, -0.2) is 19.1 Å². The lowest BCUT2D eigenvalue weighted by atomic mass is 10.1. The number of para-hydroxylation sites is 1. The molecular formula is C13H16N2. The number of benzene rings is 1. The Labute approximate surface area is 91.3 Å².